The molecule has 0 spiro atoms. The molecule has 0 bridgehead atoms. The Balaban J connectivity index is 2.89. The highest BCUT2D eigenvalue weighted by Gasteiger charge is 1.89. The lowest BCUT2D eigenvalue weighted by atomic mass is 10.1. The third kappa shape index (κ3) is 2.39. The summed E-state index contributed by atoms with van der Waals surface area (Å²) in [4.78, 5) is 0. The Bertz CT molecular complexity index is 306. The van der Waals surface area contributed by atoms with Gasteiger partial charge < -0.3 is 0 Å². The van der Waals surface area contributed by atoms with Gasteiger partial charge in [0.2, 0.25) is 0 Å². The van der Waals surface area contributed by atoms with Gasteiger partial charge in [0.15, 0.2) is 0 Å². The summed E-state index contributed by atoms with van der Waals surface area (Å²) in [5.41, 5.74) is 3.65. The molecule has 0 unspecified atom stereocenters. The summed E-state index contributed by atoms with van der Waals surface area (Å²) < 4.78 is 0. The number of hydrogen-bond donors (Lipinski definition) is 0. The largest absolute Gasteiger partial charge is 0.0961 e. The van der Waals surface area contributed by atoms with Gasteiger partial charge in [0, 0.05) is 0 Å². The Morgan fingerprint density at radius 1 is 1.33 bits per heavy atom. The van der Waals surface area contributed by atoms with E-state index in [9.17, 15) is 0 Å². The van der Waals surface area contributed by atoms with Crippen molar-refractivity contribution in [1.29, 1.82) is 0 Å². The number of allylic oxidation sites excluding steroid dienone is 2. The summed E-state index contributed by atoms with van der Waals surface area (Å²) in [6, 6.07) is 8.31. The zero-order valence-electron chi connectivity index (χ0n) is 7.67. The van der Waals surface area contributed by atoms with Crippen LogP contribution in [0, 0.1) is 6.92 Å². The molecule has 0 saturated heterocycles. The van der Waals surface area contributed by atoms with Gasteiger partial charge >= 0.3 is 0 Å². The first-order chi connectivity index (χ1) is 5.70. The molecular weight excluding hydrogens is 144 g/mol. The molecule has 0 saturated carbocycles. The molecule has 0 amide bonds. The summed E-state index contributed by atoms with van der Waals surface area (Å²) >= 11 is 0. The molecule has 0 fully saturated rings. The summed E-state index contributed by atoms with van der Waals surface area (Å²) in [7, 11) is 0. The third-order valence-electron chi connectivity index (χ3n) is 1.74. The van der Waals surface area contributed by atoms with Crippen LogP contribution in [0.4, 0.5) is 0 Å². The fourth-order valence-electron chi connectivity index (χ4n) is 1.01. The predicted molar refractivity (Wildman–Crippen MR) is 55.0 cm³/mol. The summed E-state index contributed by atoms with van der Waals surface area (Å²) in [5.74, 6) is 0. The second kappa shape index (κ2) is 3.91. The van der Waals surface area contributed by atoms with E-state index in [4.69, 9.17) is 0 Å². The first-order valence-corrected chi connectivity index (χ1v) is 4.09. The SMILES string of the molecule is C=C(C)C=Cc1ccccc1C. The van der Waals surface area contributed by atoms with Gasteiger partial charge in [-0.3, -0.25) is 0 Å². The number of aryl methyl sites for hydroxylation is 1. The van der Waals surface area contributed by atoms with E-state index in [1.165, 1.54) is 11.1 Å². The number of rotatable bonds is 2. The van der Waals surface area contributed by atoms with Crippen molar-refractivity contribution < 1.29 is 0 Å². The van der Waals surface area contributed by atoms with Crippen molar-refractivity contribution in [3.05, 3.63) is 53.6 Å². The monoisotopic (exact) mass is 158 g/mol. The average Bonchev–Trinajstić information content (AvgIpc) is 2.03. The van der Waals surface area contributed by atoms with Crippen LogP contribution in [0.1, 0.15) is 18.1 Å². The Labute approximate surface area is 74.2 Å². The van der Waals surface area contributed by atoms with Crippen LogP contribution >= 0.6 is 0 Å². The van der Waals surface area contributed by atoms with Gasteiger partial charge in [-0.05, 0) is 25.0 Å². The molecule has 12 heavy (non-hydrogen) atoms. The van der Waals surface area contributed by atoms with E-state index in [-0.39, 0.29) is 0 Å². The molecule has 0 aliphatic rings. The Morgan fingerprint density at radius 2 is 2.00 bits per heavy atom. The lowest BCUT2D eigenvalue weighted by Crippen LogP contribution is -1.77. The molecule has 0 heterocycles. The Kier molecular flexibility index (Phi) is 2.87. The molecule has 0 nitrogen and oxygen atoms in total. The van der Waals surface area contributed by atoms with Gasteiger partial charge in [-0.1, -0.05) is 48.6 Å². The van der Waals surface area contributed by atoms with Gasteiger partial charge in [0.25, 0.3) is 0 Å². The van der Waals surface area contributed by atoms with E-state index in [1.807, 2.05) is 25.1 Å². The lowest BCUT2D eigenvalue weighted by molar-refractivity contribution is 1.44. The van der Waals surface area contributed by atoms with Crippen molar-refractivity contribution in [2.24, 2.45) is 0 Å². The average molecular weight is 158 g/mol. The third-order valence-corrected chi connectivity index (χ3v) is 1.74. The van der Waals surface area contributed by atoms with Crippen LogP contribution in [0.25, 0.3) is 6.08 Å². The fraction of sp³-hybridized carbons (Fsp3) is 0.167. The summed E-state index contributed by atoms with van der Waals surface area (Å²) in [6.45, 7) is 7.92. The smallest absolute Gasteiger partial charge is 0.0227 e. The van der Waals surface area contributed by atoms with Crippen LogP contribution in [0.15, 0.2) is 42.5 Å². The van der Waals surface area contributed by atoms with Crippen molar-refractivity contribution in [2.45, 2.75) is 13.8 Å². The van der Waals surface area contributed by atoms with Gasteiger partial charge in [-0.2, -0.15) is 0 Å². The molecule has 0 aliphatic heterocycles. The maximum absolute atomic E-state index is 3.81. The van der Waals surface area contributed by atoms with Crippen LogP contribution in [0.3, 0.4) is 0 Å². The molecule has 0 atom stereocenters. The summed E-state index contributed by atoms with van der Waals surface area (Å²) in [6.07, 6.45) is 4.12. The van der Waals surface area contributed by atoms with E-state index < -0.39 is 0 Å². The highest BCUT2D eigenvalue weighted by Crippen LogP contribution is 2.09. The molecule has 0 radical (unpaired) electrons. The topological polar surface area (TPSA) is 0 Å². The van der Waals surface area contributed by atoms with Crippen molar-refractivity contribution in [2.75, 3.05) is 0 Å². The minimum atomic E-state index is 1.08. The summed E-state index contributed by atoms with van der Waals surface area (Å²) in [5, 5.41) is 0. The second-order valence-electron chi connectivity index (χ2n) is 3.04. The van der Waals surface area contributed by atoms with Crippen LogP contribution < -0.4 is 0 Å². The minimum absolute atomic E-state index is 1.08. The highest BCUT2D eigenvalue weighted by molar-refractivity contribution is 5.55. The minimum Gasteiger partial charge on any atom is -0.0961 e. The van der Waals surface area contributed by atoms with E-state index in [0.717, 1.165) is 5.57 Å². The molecule has 0 heteroatoms. The fourth-order valence-corrected chi connectivity index (χ4v) is 1.01. The quantitative estimate of drug-likeness (QED) is 0.577. The standard InChI is InChI=1S/C12H14/c1-10(2)8-9-12-7-5-4-6-11(12)3/h4-9H,1H2,2-3H3. The van der Waals surface area contributed by atoms with Crippen molar-refractivity contribution in [3.8, 4) is 0 Å². The first kappa shape index (κ1) is 8.79. The first-order valence-electron chi connectivity index (χ1n) is 4.09. The van der Waals surface area contributed by atoms with Crippen molar-refractivity contribution in [3.63, 3.8) is 0 Å². The zero-order chi connectivity index (χ0) is 8.97. The van der Waals surface area contributed by atoms with Crippen molar-refractivity contribution >= 4 is 6.08 Å². The van der Waals surface area contributed by atoms with Gasteiger partial charge in [0.05, 0.1) is 0 Å². The molecule has 0 aromatic heterocycles. The second-order valence-corrected chi connectivity index (χ2v) is 3.04. The van der Waals surface area contributed by atoms with E-state index in [0.29, 0.717) is 0 Å². The van der Waals surface area contributed by atoms with Crippen LogP contribution in [-0.4, -0.2) is 0 Å². The van der Waals surface area contributed by atoms with E-state index in [2.05, 4.69) is 31.7 Å². The van der Waals surface area contributed by atoms with Crippen LogP contribution in [0.5, 0.6) is 0 Å². The Morgan fingerprint density at radius 3 is 2.58 bits per heavy atom. The molecule has 1 aromatic rings. The molecule has 1 aromatic carbocycles. The Hall–Kier alpha value is -1.30. The van der Waals surface area contributed by atoms with Gasteiger partial charge in [-0.15, -0.1) is 0 Å². The maximum atomic E-state index is 3.81. The van der Waals surface area contributed by atoms with E-state index >= 15 is 0 Å². The normalized spacial score (nSPS) is 10.5. The number of hydrogen-bond acceptors (Lipinski definition) is 0. The highest BCUT2D eigenvalue weighted by atomic mass is 13.9. The van der Waals surface area contributed by atoms with Gasteiger partial charge in [-0.25, -0.2) is 0 Å². The van der Waals surface area contributed by atoms with Crippen LogP contribution in [-0.2, 0) is 0 Å². The molecule has 1 rings (SSSR count). The predicted octanol–water partition coefficient (Wildman–Crippen LogP) is 3.58. The molecule has 0 aliphatic carbocycles. The lowest BCUT2D eigenvalue weighted by Gasteiger charge is -1.97. The number of benzene rings is 1. The zero-order valence-corrected chi connectivity index (χ0v) is 7.67. The maximum Gasteiger partial charge on any atom is -0.0227 e. The van der Waals surface area contributed by atoms with Gasteiger partial charge in [0.1, 0.15) is 0 Å². The van der Waals surface area contributed by atoms with Crippen LogP contribution in [0.2, 0.25) is 0 Å². The molecule has 62 valence electrons. The van der Waals surface area contributed by atoms with Crippen molar-refractivity contribution in [1.82, 2.24) is 0 Å². The van der Waals surface area contributed by atoms with E-state index in [1.54, 1.807) is 0 Å². The molecular formula is C12H14. The molecule has 0 N–H and O–H groups in total.